The van der Waals surface area contributed by atoms with E-state index in [1.807, 2.05) is 0 Å². The second kappa shape index (κ2) is 4.91. The second-order valence-electron chi connectivity index (χ2n) is 3.20. The van der Waals surface area contributed by atoms with Crippen LogP contribution in [-0.2, 0) is 4.74 Å². The summed E-state index contributed by atoms with van der Waals surface area (Å²) in [6.45, 7) is 0.857. The van der Waals surface area contributed by atoms with Gasteiger partial charge in [0.1, 0.15) is 6.61 Å². The van der Waals surface area contributed by atoms with Gasteiger partial charge in [0, 0.05) is 6.92 Å². The van der Waals surface area contributed by atoms with Crippen molar-refractivity contribution < 1.29 is 26.7 Å². The van der Waals surface area contributed by atoms with Crippen LogP contribution < -0.4 is 0 Å². The number of hydrogen-bond acceptors (Lipinski definition) is 1. The lowest BCUT2D eigenvalue weighted by Crippen LogP contribution is -2.35. The van der Waals surface area contributed by atoms with Crippen LogP contribution in [0.1, 0.15) is 26.7 Å². The van der Waals surface area contributed by atoms with Crippen molar-refractivity contribution >= 4 is 0 Å². The van der Waals surface area contributed by atoms with Gasteiger partial charge in [-0.2, -0.15) is 13.2 Å². The number of rotatable bonds is 5. The Bertz CT molecular complexity index is 160. The first-order chi connectivity index (χ1) is 6.17. The molecule has 0 radical (unpaired) electrons. The molecule has 0 aromatic carbocycles. The molecule has 0 fully saturated rings. The van der Waals surface area contributed by atoms with Gasteiger partial charge in [0.15, 0.2) is 6.10 Å². The first kappa shape index (κ1) is 13.6. The molecule has 1 nitrogen and oxygen atoms in total. The lowest BCUT2D eigenvalue weighted by molar-refractivity contribution is -0.236. The quantitative estimate of drug-likeness (QED) is 0.645. The van der Waals surface area contributed by atoms with Crippen molar-refractivity contribution in [3.8, 4) is 0 Å². The van der Waals surface area contributed by atoms with Crippen molar-refractivity contribution in [3.63, 3.8) is 0 Å². The summed E-state index contributed by atoms with van der Waals surface area (Å²) >= 11 is 0. The van der Waals surface area contributed by atoms with Crippen molar-refractivity contribution in [2.75, 3.05) is 6.61 Å². The fourth-order valence-corrected chi connectivity index (χ4v) is 0.851. The van der Waals surface area contributed by atoms with Crippen LogP contribution in [0.15, 0.2) is 0 Å². The molecule has 86 valence electrons. The van der Waals surface area contributed by atoms with Gasteiger partial charge in [0.25, 0.3) is 5.92 Å². The summed E-state index contributed by atoms with van der Waals surface area (Å²) in [7, 11) is 0. The fraction of sp³-hybridized carbons (Fsp3) is 1.00. The predicted molar refractivity (Wildman–Crippen MR) is 41.3 cm³/mol. The Morgan fingerprint density at radius 1 is 1.14 bits per heavy atom. The zero-order chi connectivity index (χ0) is 11.4. The van der Waals surface area contributed by atoms with E-state index in [1.54, 1.807) is 0 Å². The van der Waals surface area contributed by atoms with E-state index in [2.05, 4.69) is 4.74 Å². The van der Waals surface area contributed by atoms with Crippen molar-refractivity contribution in [2.24, 2.45) is 0 Å². The maximum atomic E-state index is 12.2. The Morgan fingerprint density at radius 3 is 1.93 bits per heavy atom. The van der Waals surface area contributed by atoms with Gasteiger partial charge in [-0.25, -0.2) is 8.78 Å². The van der Waals surface area contributed by atoms with Crippen molar-refractivity contribution in [2.45, 2.75) is 44.9 Å². The highest BCUT2D eigenvalue weighted by Gasteiger charge is 2.41. The van der Waals surface area contributed by atoms with Gasteiger partial charge in [-0.3, -0.25) is 0 Å². The summed E-state index contributed by atoms with van der Waals surface area (Å²) in [5.41, 5.74) is 0. The molecule has 0 spiro atoms. The molecule has 14 heavy (non-hydrogen) atoms. The molecule has 0 saturated heterocycles. The highest BCUT2D eigenvalue weighted by Crippen LogP contribution is 2.27. The van der Waals surface area contributed by atoms with Gasteiger partial charge in [0.2, 0.25) is 0 Å². The molecule has 1 atom stereocenters. The lowest BCUT2D eigenvalue weighted by Gasteiger charge is -2.22. The SMILES string of the molecule is CCCC(OCC(C)(F)F)C(F)(F)F. The normalized spacial score (nSPS) is 15.6. The van der Waals surface area contributed by atoms with Crippen molar-refractivity contribution in [3.05, 3.63) is 0 Å². The van der Waals surface area contributed by atoms with Crippen LogP contribution in [-0.4, -0.2) is 24.8 Å². The molecular formula is C8H13F5O. The summed E-state index contributed by atoms with van der Waals surface area (Å²) in [5, 5.41) is 0. The maximum absolute atomic E-state index is 12.2. The van der Waals surface area contributed by atoms with Gasteiger partial charge in [-0.15, -0.1) is 0 Å². The standard InChI is InChI=1S/C8H13F5O/c1-3-4-6(8(11,12)13)14-5-7(2,9)10/h6H,3-5H2,1-2H3. The topological polar surface area (TPSA) is 9.23 Å². The molecule has 0 saturated carbocycles. The fourth-order valence-electron chi connectivity index (χ4n) is 0.851. The van der Waals surface area contributed by atoms with E-state index in [0.29, 0.717) is 6.92 Å². The Labute approximate surface area is 79.2 Å². The average Bonchev–Trinajstić information content (AvgIpc) is 1.93. The molecule has 0 aromatic rings. The number of halogens is 5. The third kappa shape index (κ3) is 6.12. The van der Waals surface area contributed by atoms with Gasteiger partial charge in [0.05, 0.1) is 0 Å². The molecule has 0 heterocycles. The molecule has 0 rings (SSSR count). The molecule has 0 N–H and O–H groups in total. The molecule has 0 bridgehead atoms. The summed E-state index contributed by atoms with van der Waals surface area (Å²) in [5.74, 6) is -3.22. The number of alkyl halides is 5. The molecule has 1 unspecified atom stereocenters. The van der Waals surface area contributed by atoms with Crippen LogP contribution in [0.5, 0.6) is 0 Å². The van der Waals surface area contributed by atoms with E-state index < -0.39 is 24.8 Å². The molecule has 0 aliphatic carbocycles. The van der Waals surface area contributed by atoms with Crippen molar-refractivity contribution in [1.82, 2.24) is 0 Å². The third-order valence-corrected chi connectivity index (χ3v) is 1.45. The summed E-state index contributed by atoms with van der Waals surface area (Å²) in [6, 6.07) is 0. The lowest BCUT2D eigenvalue weighted by atomic mass is 10.2. The molecule has 0 aliphatic rings. The van der Waals surface area contributed by atoms with Crippen LogP contribution >= 0.6 is 0 Å². The second-order valence-corrected chi connectivity index (χ2v) is 3.20. The Kier molecular flexibility index (Phi) is 4.77. The summed E-state index contributed by atoms with van der Waals surface area (Å²) < 4.78 is 64.9. The monoisotopic (exact) mass is 220 g/mol. The van der Waals surface area contributed by atoms with Gasteiger partial charge >= 0.3 is 6.18 Å². The third-order valence-electron chi connectivity index (χ3n) is 1.45. The highest BCUT2D eigenvalue weighted by atomic mass is 19.4. The van der Waals surface area contributed by atoms with Gasteiger partial charge in [-0.1, -0.05) is 13.3 Å². The van der Waals surface area contributed by atoms with Gasteiger partial charge < -0.3 is 4.74 Å². The Hall–Kier alpha value is -0.390. The largest absolute Gasteiger partial charge is 0.414 e. The molecule has 0 aliphatic heterocycles. The van der Waals surface area contributed by atoms with Crippen LogP contribution in [0.3, 0.4) is 0 Å². The van der Waals surface area contributed by atoms with Crippen LogP contribution in [0, 0.1) is 0 Å². The molecular weight excluding hydrogens is 207 g/mol. The van der Waals surface area contributed by atoms with Gasteiger partial charge in [-0.05, 0) is 6.42 Å². The molecule has 0 amide bonds. The van der Waals surface area contributed by atoms with Crippen LogP contribution in [0.25, 0.3) is 0 Å². The number of hydrogen-bond donors (Lipinski definition) is 0. The van der Waals surface area contributed by atoms with E-state index in [4.69, 9.17) is 0 Å². The Morgan fingerprint density at radius 2 is 1.64 bits per heavy atom. The minimum Gasteiger partial charge on any atom is -0.363 e. The van der Waals surface area contributed by atoms with E-state index in [1.165, 1.54) is 6.92 Å². The van der Waals surface area contributed by atoms with E-state index in [-0.39, 0.29) is 12.8 Å². The molecule has 0 aromatic heterocycles. The molecule has 6 heteroatoms. The summed E-state index contributed by atoms with van der Waals surface area (Å²) in [6.07, 6.45) is -6.71. The minimum atomic E-state index is -4.57. The zero-order valence-corrected chi connectivity index (χ0v) is 8.00. The van der Waals surface area contributed by atoms with Crippen molar-refractivity contribution in [1.29, 1.82) is 0 Å². The van der Waals surface area contributed by atoms with E-state index in [9.17, 15) is 22.0 Å². The van der Waals surface area contributed by atoms with Crippen LogP contribution in [0.2, 0.25) is 0 Å². The minimum absolute atomic E-state index is 0.236. The predicted octanol–water partition coefficient (Wildman–Crippen LogP) is 3.39. The van der Waals surface area contributed by atoms with Crippen LogP contribution in [0.4, 0.5) is 22.0 Å². The first-order valence-electron chi connectivity index (χ1n) is 4.23. The Balaban J connectivity index is 4.12. The summed E-state index contributed by atoms with van der Waals surface area (Å²) in [4.78, 5) is 0. The smallest absolute Gasteiger partial charge is 0.363 e. The zero-order valence-electron chi connectivity index (χ0n) is 8.00. The number of ether oxygens (including phenoxy) is 1. The average molecular weight is 220 g/mol. The first-order valence-corrected chi connectivity index (χ1v) is 4.23. The maximum Gasteiger partial charge on any atom is 0.414 e. The van der Waals surface area contributed by atoms with E-state index >= 15 is 0 Å². The van der Waals surface area contributed by atoms with E-state index in [0.717, 1.165) is 0 Å². The highest BCUT2D eigenvalue weighted by molar-refractivity contribution is 4.68.